The topological polar surface area (TPSA) is 111 Å². The monoisotopic (exact) mass is 515 g/mol. The first kappa shape index (κ1) is 24.7. The number of halogens is 2. The zero-order valence-corrected chi connectivity index (χ0v) is 21.1. The van der Waals surface area contributed by atoms with E-state index in [9.17, 15) is 12.8 Å². The number of benzene rings is 2. The third-order valence-electron chi connectivity index (χ3n) is 5.11. The summed E-state index contributed by atoms with van der Waals surface area (Å²) in [5.74, 6) is -1.72. The van der Waals surface area contributed by atoms with Crippen molar-refractivity contribution in [1.29, 1.82) is 0 Å². The lowest BCUT2D eigenvalue weighted by atomic mass is 9.98. The predicted molar refractivity (Wildman–Crippen MR) is 134 cm³/mol. The molecule has 4 rings (SSSR count). The van der Waals surface area contributed by atoms with E-state index in [1.165, 1.54) is 54.8 Å². The summed E-state index contributed by atoms with van der Waals surface area (Å²) in [6, 6.07) is 9.82. The Kier molecular flexibility index (Phi) is 6.32. The highest BCUT2D eigenvalue weighted by molar-refractivity contribution is 7.92. The van der Waals surface area contributed by atoms with Crippen LogP contribution < -0.4 is 10.5 Å². The number of hydrogen-bond acceptors (Lipinski definition) is 7. The molecule has 3 N–H and O–H groups in total. The van der Waals surface area contributed by atoms with Crippen LogP contribution in [0.25, 0.3) is 21.8 Å². The fourth-order valence-electron chi connectivity index (χ4n) is 3.44. The molecular formula is C24H23F2N5O2S2. The van der Waals surface area contributed by atoms with Crippen molar-refractivity contribution in [2.45, 2.75) is 38.0 Å². The Morgan fingerprint density at radius 1 is 1.03 bits per heavy atom. The largest absolute Gasteiger partial charge is 0.368 e. The molecule has 35 heavy (non-hydrogen) atoms. The summed E-state index contributed by atoms with van der Waals surface area (Å²) in [6.45, 7) is 7.40. The minimum absolute atomic E-state index is 0.0569. The van der Waals surface area contributed by atoms with Gasteiger partial charge in [-0.25, -0.2) is 32.2 Å². The average Bonchev–Trinajstić information content (AvgIpc) is 3.21. The van der Waals surface area contributed by atoms with Crippen LogP contribution in [0, 0.1) is 18.6 Å². The van der Waals surface area contributed by atoms with Crippen LogP contribution in [0.2, 0.25) is 0 Å². The fraction of sp³-hybridized carbons (Fsp3) is 0.208. The zero-order valence-electron chi connectivity index (χ0n) is 19.4. The molecule has 182 valence electrons. The molecule has 0 saturated heterocycles. The number of thiazole rings is 1. The summed E-state index contributed by atoms with van der Waals surface area (Å²) >= 11 is 1.34. The summed E-state index contributed by atoms with van der Waals surface area (Å²) in [4.78, 5) is 12.9. The van der Waals surface area contributed by atoms with Gasteiger partial charge in [0, 0.05) is 17.2 Å². The van der Waals surface area contributed by atoms with E-state index in [0.717, 1.165) is 11.1 Å². The Morgan fingerprint density at radius 2 is 1.74 bits per heavy atom. The highest BCUT2D eigenvalue weighted by Crippen LogP contribution is 2.42. The van der Waals surface area contributed by atoms with E-state index >= 15 is 4.39 Å². The van der Waals surface area contributed by atoms with E-state index in [1.54, 1.807) is 6.07 Å². The molecule has 0 amide bonds. The molecule has 0 bridgehead atoms. The first-order valence-corrected chi connectivity index (χ1v) is 12.9. The van der Waals surface area contributed by atoms with Crippen molar-refractivity contribution >= 4 is 33.0 Å². The summed E-state index contributed by atoms with van der Waals surface area (Å²) in [5, 5.41) is 0.729. The van der Waals surface area contributed by atoms with Crippen molar-refractivity contribution in [3.05, 3.63) is 70.9 Å². The number of nitrogens with zero attached hydrogens (tertiary/aromatic N) is 3. The van der Waals surface area contributed by atoms with Crippen molar-refractivity contribution < 1.29 is 17.2 Å². The maximum absolute atomic E-state index is 15.8. The van der Waals surface area contributed by atoms with Gasteiger partial charge in [0.1, 0.15) is 10.7 Å². The number of aromatic nitrogens is 3. The smallest absolute Gasteiger partial charge is 0.265 e. The number of sulfonamides is 1. The van der Waals surface area contributed by atoms with E-state index in [4.69, 9.17) is 5.73 Å². The lowest BCUT2D eigenvalue weighted by Crippen LogP contribution is -2.17. The Balaban J connectivity index is 1.85. The van der Waals surface area contributed by atoms with E-state index in [-0.39, 0.29) is 28.2 Å². The van der Waals surface area contributed by atoms with Gasteiger partial charge in [0.25, 0.3) is 10.0 Å². The van der Waals surface area contributed by atoms with Gasteiger partial charge in [0.15, 0.2) is 5.82 Å². The third-order valence-corrected chi connectivity index (χ3v) is 8.15. The molecule has 2 aromatic carbocycles. The van der Waals surface area contributed by atoms with Crippen LogP contribution in [0.3, 0.4) is 0 Å². The maximum Gasteiger partial charge on any atom is 0.265 e. The Hall–Kier alpha value is -3.44. The van der Waals surface area contributed by atoms with Gasteiger partial charge < -0.3 is 5.73 Å². The molecule has 0 fully saturated rings. The molecule has 2 aromatic heterocycles. The summed E-state index contributed by atoms with van der Waals surface area (Å²) in [7, 11) is -4.40. The predicted octanol–water partition coefficient (Wildman–Crippen LogP) is 5.53. The number of nitrogens with one attached hydrogen (secondary N) is 1. The number of nitrogens with two attached hydrogens (primary N) is 1. The first-order chi connectivity index (χ1) is 16.4. The van der Waals surface area contributed by atoms with Crippen LogP contribution in [0.1, 0.15) is 31.3 Å². The second-order valence-electron chi connectivity index (χ2n) is 8.91. The number of rotatable bonds is 5. The zero-order chi connectivity index (χ0) is 25.5. The normalized spacial score (nSPS) is 12.1. The molecule has 0 aliphatic carbocycles. The van der Waals surface area contributed by atoms with Crippen molar-refractivity contribution in [3.8, 4) is 21.8 Å². The Morgan fingerprint density at radius 3 is 2.40 bits per heavy atom. The number of anilines is 2. The van der Waals surface area contributed by atoms with Gasteiger partial charge in [-0.2, -0.15) is 0 Å². The van der Waals surface area contributed by atoms with E-state index in [2.05, 4.69) is 19.7 Å². The standard InChI is InChI=1S/C24H23F2N5O2S2/c1-13-7-5-9-15(25)21(13)35(32,33)31-16-10-6-8-14(18(16)26)19-20(17-11-12-28-23(27)29-17)34-22(30-19)24(2,3)4/h5-12,31H,1-4H3,(H2,27,28,29). The minimum Gasteiger partial charge on any atom is -0.368 e. The number of hydrogen-bond donors (Lipinski definition) is 2. The number of nitrogen functional groups attached to an aromatic ring is 1. The lowest BCUT2D eigenvalue weighted by Gasteiger charge is -2.14. The highest BCUT2D eigenvalue weighted by Gasteiger charge is 2.27. The molecule has 0 saturated carbocycles. The fourth-order valence-corrected chi connectivity index (χ4v) is 5.92. The molecule has 0 radical (unpaired) electrons. The lowest BCUT2D eigenvalue weighted by molar-refractivity contribution is 0.567. The van der Waals surface area contributed by atoms with Crippen LogP contribution in [0.15, 0.2) is 53.6 Å². The molecule has 0 atom stereocenters. The van der Waals surface area contributed by atoms with E-state index in [1.807, 2.05) is 20.8 Å². The molecular weight excluding hydrogens is 492 g/mol. The van der Waals surface area contributed by atoms with Gasteiger partial charge in [-0.3, -0.25) is 4.72 Å². The number of aryl methyl sites for hydroxylation is 1. The van der Waals surface area contributed by atoms with Crippen LogP contribution in [-0.2, 0) is 15.4 Å². The first-order valence-electron chi connectivity index (χ1n) is 10.6. The third kappa shape index (κ3) is 4.87. The van der Waals surface area contributed by atoms with Gasteiger partial charge >= 0.3 is 0 Å². The highest BCUT2D eigenvalue weighted by atomic mass is 32.2. The minimum atomic E-state index is -4.40. The Bertz CT molecular complexity index is 1510. The van der Waals surface area contributed by atoms with Crippen LogP contribution >= 0.6 is 11.3 Å². The molecule has 7 nitrogen and oxygen atoms in total. The van der Waals surface area contributed by atoms with Gasteiger partial charge in [-0.1, -0.05) is 39.0 Å². The van der Waals surface area contributed by atoms with Crippen molar-refractivity contribution in [1.82, 2.24) is 15.0 Å². The van der Waals surface area contributed by atoms with Gasteiger partial charge in [0.2, 0.25) is 5.95 Å². The second kappa shape index (κ2) is 8.97. The molecule has 4 aromatic rings. The quantitative estimate of drug-likeness (QED) is 0.361. The van der Waals surface area contributed by atoms with E-state index in [0.29, 0.717) is 16.3 Å². The van der Waals surface area contributed by atoms with Crippen LogP contribution in [-0.4, -0.2) is 23.4 Å². The van der Waals surface area contributed by atoms with E-state index < -0.39 is 26.6 Å². The SMILES string of the molecule is Cc1cccc(F)c1S(=O)(=O)Nc1cccc(-c2nc(C(C)(C)C)sc2-c2ccnc(N)n2)c1F. The molecule has 0 aliphatic heterocycles. The summed E-state index contributed by atoms with van der Waals surface area (Å²) in [5.41, 5.74) is 6.11. The summed E-state index contributed by atoms with van der Waals surface area (Å²) in [6.07, 6.45) is 1.50. The van der Waals surface area contributed by atoms with Crippen molar-refractivity contribution in [3.63, 3.8) is 0 Å². The Labute approximate surface area is 206 Å². The summed E-state index contributed by atoms with van der Waals surface area (Å²) < 4.78 is 58.2. The van der Waals surface area contributed by atoms with Crippen LogP contribution in [0.5, 0.6) is 0 Å². The maximum atomic E-state index is 15.8. The van der Waals surface area contributed by atoms with Gasteiger partial charge in [-0.05, 0) is 36.8 Å². The molecule has 0 spiro atoms. The van der Waals surface area contributed by atoms with Crippen molar-refractivity contribution in [2.24, 2.45) is 0 Å². The van der Waals surface area contributed by atoms with Gasteiger partial charge in [-0.15, -0.1) is 11.3 Å². The second-order valence-corrected chi connectivity index (χ2v) is 11.5. The molecule has 2 heterocycles. The molecule has 0 aliphatic rings. The average molecular weight is 516 g/mol. The molecule has 0 unspecified atom stereocenters. The van der Waals surface area contributed by atoms with Crippen molar-refractivity contribution in [2.75, 3.05) is 10.5 Å². The van der Waals surface area contributed by atoms with Crippen LogP contribution in [0.4, 0.5) is 20.4 Å². The van der Waals surface area contributed by atoms with Gasteiger partial charge in [0.05, 0.1) is 27.0 Å². The molecule has 11 heteroatoms.